The first-order valence-electron chi connectivity index (χ1n) is 4.40. The van der Waals surface area contributed by atoms with Gasteiger partial charge in [-0.25, -0.2) is 4.21 Å². The molecule has 0 fully saturated rings. The van der Waals surface area contributed by atoms with Crippen LogP contribution in [-0.4, -0.2) is 14.5 Å². The van der Waals surface area contributed by atoms with Gasteiger partial charge in [0.05, 0.1) is 5.75 Å². The molecule has 0 aliphatic heterocycles. The molecule has 0 bridgehead atoms. The fraction of sp³-hybridized carbons (Fsp3) is 0.400. The smallest absolute Gasteiger partial charge is 0.153 e. The monoisotopic (exact) mass is 196 g/mol. The third-order valence-corrected chi connectivity index (χ3v) is 3.27. The van der Waals surface area contributed by atoms with E-state index in [9.17, 15) is 4.21 Å². The summed E-state index contributed by atoms with van der Waals surface area (Å²) in [5.74, 6) is 0.775. The van der Waals surface area contributed by atoms with Crippen LogP contribution >= 0.6 is 0 Å². The third kappa shape index (κ3) is 1.98. The molecule has 0 radical (unpaired) electrons. The first kappa shape index (κ1) is 8.91. The Balaban J connectivity index is 2.09. The van der Waals surface area contributed by atoms with E-state index >= 15 is 0 Å². The molecule has 0 saturated heterocycles. The highest BCUT2D eigenvalue weighted by Gasteiger charge is 2.21. The van der Waals surface area contributed by atoms with Crippen LogP contribution in [0.5, 0.6) is 0 Å². The Hall–Kier alpha value is -0.670. The lowest BCUT2D eigenvalue weighted by Crippen LogP contribution is -2.10. The van der Waals surface area contributed by atoms with Gasteiger partial charge in [-0.15, -0.1) is 0 Å². The molecule has 2 rings (SSSR count). The summed E-state index contributed by atoms with van der Waals surface area (Å²) < 4.78 is 19.4. The molecule has 1 aliphatic rings. The van der Waals surface area contributed by atoms with Gasteiger partial charge in [-0.3, -0.25) is 0 Å². The van der Waals surface area contributed by atoms with Gasteiger partial charge in [0, 0.05) is 0 Å². The molecule has 1 N–H and O–H groups in total. The highest BCUT2D eigenvalue weighted by atomic mass is 32.2. The molecule has 3 heteroatoms. The summed E-state index contributed by atoms with van der Waals surface area (Å²) in [7, 11) is 0. The molecule has 0 aromatic heterocycles. The lowest BCUT2D eigenvalue weighted by Gasteiger charge is -2.03. The van der Waals surface area contributed by atoms with Crippen LogP contribution < -0.4 is 0 Å². The van der Waals surface area contributed by atoms with E-state index in [1.165, 1.54) is 11.1 Å². The van der Waals surface area contributed by atoms with Gasteiger partial charge in [-0.2, -0.15) is 0 Å². The van der Waals surface area contributed by atoms with Crippen LogP contribution in [0.25, 0.3) is 0 Å². The predicted molar refractivity (Wildman–Crippen MR) is 53.0 cm³/mol. The molecule has 0 spiro atoms. The Morgan fingerprint density at radius 1 is 1.31 bits per heavy atom. The average Bonchev–Trinajstić information content (AvgIpc) is 2.44. The van der Waals surface area contributed by atoms with E-state index in [0.29, 0.717) is 11.7 Å². The van der Waals surface area contributed by atoms with Gasteiger partial charge >= 0.3 is 0 Å². The van der Waals surface area contributed by atoms with Gasteiger partial charge < -0.3 is 4.55 Å². The maximum Gasteiger partial charge on any atom is 0.153 e. The zero-order valence-electron chi connectivity index (χ0n) is 7.27. The summed E-state index contributed by atoms with van der Waals surface area (Å²) in [6.45, 7) is 0. The van der Waals surface area contributed by atoms with Crippen molar-refractivity contribution in [3.63, 3.8) is 0 Å². The van der Waals surface area contributed by atoms with E-state index in [0.717, 1.165) is 12.8 Å². The van der Waals surface area contributed by atoms with Gasteiger partial charge in [0.25, 0.3) is 0 Å². The van der Waals surface area contributed by atoms with Crippen LogP contribution in [0, 0.1) is 5.92 Å². The minimum absolute atomic E-state index is 0.364. The molecule has 0 amide bonds. The molecule has 1 atom stereocenters. The first-order chi connectivity index (χ1) is 6.25. The Kier molecular flexibility index (Phi) is 2.47. The fourth-order valence-electron chi connectivity index (χ4n) is 1.97. The quantitative estimate of drug-likeness (QED) is 0.730. The van der Waals surface area contributed by atoms with Crippen molar-refractivity contribution < 1.29 is 8.76 Å². The van der Waals surface area contributed by atoms with Crippen LogP contribution in [0.4, 0.5) is 0 Å². The Morgan fingerprint density at radius 2 is 1.85 bits per heavy atom. The van der Waals surface area contributed by atoms with Gasteiger partial charge in [0.1, 0.15) is 0 Å². The summed E-state index contributed by atoms with van der Waals surface area (Å²) in [5.41, 5.74) is 2.69. The number of fused-ring (bicyclic) bond motifs is 1. The molecule has 1 unspecified atom stereocenters. The fourth-order valence-corrected chi connectivity index (χ4v) is 2.61. The lowest BCUT2D eigenvalue weighted by atomic mass is 10.1. The number of rotatable bonds is 2. The summed E-state index contributed by atoms with van der Waals surface area (Å²) in [5, 5.41) is 0. The van der Waals surface area contributed by atoms with Crippen LogP contribution in [0.2, 0.25) is 0 Å². The standard InChI is InChI=1S/C10H12O2S/c11-13(12)7-8-5-9-3-1-2-4-10(9)6-8/h1-4,8H,5-7H2,(H,11,12). The van der Waals surface area contributed by atoms with Crippen molar-refractivity contribution in [2.24, 2.45) is 5.92 Å². The molecular formula is C10H12O2S. The highest BCUT2D eigenvalue weighted by molar-refractivity contribution is 7.79. The molecule has 2 nitrogen and oxygen atoms in total. The molecule has 0 heterocycles. The highest BCUT2D eigenvalue weighted by Crippen LogP contribution is 2.26. The second-order valence-corrected chi connectivity index (χ2v) is 4.51. The van der Waals surface area contributed by atoms with E-state index in [1.54, 1.807) is 0 Å². The van der Waals surface area contributed by atoms with Crippen LogP contribution in [0.3, 0.4) is 0 Å². The zero-order chi connectivity index (χ0) is 9.26. The molecule has 70 valence electrons. The predicted octanol–water partition coefficient (Wildman–Crippen LogP) is 1.62. The normalized spacial score (nSPS) is 18.5. The summed E-state index contributed by atoms with van der Waals surface area (Å²) in [4.78, 5) is 0. The molecule has 13 heavy (non-hydrogen) atoms. The van der Waals surface area contributed by atoms with Gasteiger partial charge in [0.15, 0.2) is 11.1 Å². The van der Waals surface area contributed by atoms with Crippen molar-refractivity contribution in [2.75, 3.05) is 5.75 Å². The van der Waals surface area contributed by atoms with E-state index in [1.807, 2.05) is 12.1 Å². The van der Waals surface area contributed by atoms with E-state index in [-0.39, 0.29) is 0 Å². The van der Waals surface area contributed by atoms with Crippen molar-refractivity contribution in [1.29, 1.82) is 0 Å². The lowest BCUT2D eigenvalue weighted by molar-refractivity contribution is 0.538. The summed E-state index contributed by atoms with van der Waals surface area (Å²) >= 11 is -1.64. The molecule has 1 aromatic carbocycles. The molecule has 0 saturated carbocycles. The van der Waals surface area contributed by atoms with Gasteiger partial charge in [-0.1, -0.05) is 24.3 Å². The maximum atomic E-state index is 10.6. The number of hydrogen-bond acceptors (Lipinski definition) is 1. The van der Waals surface area contributed by atoms with Crippen molar-refractivity contribution >= 4 is 11.1 Å². The SMILES string of the molecule is O=S(O)CC1Cc2ccccc2C1. The minimum atomic E-state index is -1.64. The summed E-state index contributed by atoms with van der Waals surface area (Å²) in [6.07, 6.45) is 1.92. The zero-order valence-corrected chi connectivity index (χ0v) is 8.09. The molecule has 1 aliphatic carbocycles. The third-order valence-electron chi connectivity index (χ3n) is 2.51. The second kappa shape index (κ2) is 3.60. The van der Waals surface area contributed by atoms with Crippen LogP contribution in [0.15, 0.2) is 24.3 Å². The Bertz CT molecular complexity index is 310. The van der Waals surface area contributed by atoms with E-state index in [4.69, 9.17) is 4.55 Å². The van der Waals surface area contributed by atoms with Crippen LogP contribution in [0.1, 0.15) is 11.1 Å². The van der Waals surface area contributed by atoms with E-state index < -0.39 is 11.1 Å². The number of benzene rings is 1. The maximum absolute atomic E-state index is 10.6. The van der Waals surface area contributed by atoms with Crippen molar-refractivity contribution in [2.45, 2.75) is 12.8 Å². The van der Waals surface area contributed by atoms with Crippen molar-refractivity contribution in [3.05, 3.63) is 35.4 Å². The Morgan fingerprint density at radius 3 is 2.31 bits per heavy atom. The minimum Gasteiger partial charge on any atom is -0.306 e. The largest absolute Gasteiger partial charge is 0.306 e. The molecule has 1 aromatic rings. The first-order valence-corrected chi connectivity index (χ1v) is 5.67. The number of hydrogen-bond donors (Lipinski definition) is 1. The van der Waals surface area contributed by atoms with Crippen LogP contribution in [-0.2, 0) is 23.9 Å². The second-order valence-electron chi connectivity index (χ2n) is 3.53. The van der Waals surface area contributed by atoms with E-state index in [2.05, 4.69) is 12.1 Å². The topological polar surface area (TPSA) is 37.3 Å². The van der Waals surface area contributed by atoms with Gasteiger partial charge in [0.2, 0.25) is 0 Å². The molecular weight excluding hydrogens is 184 g/mol. The van der Waals surface area contributed by atoms with Crippen molar-refractivity contribution in [3.8, 4) is 0 Å². The average molecular weight is 196 g/mol. The summed E-state index contributed by atoms with van der Waals surface area (Å²) in [6, 6.07) is 8.26. The van der Waals surface area contributed by atoms with Crippen molar-refractivity contribution in [1.82, 2.24) is 0 Å². The van der Waals surface area contributed by atoms with Gasteiger partial charge in [-0.05, 0) is 29.9 Å². The Labute approximate surface area is 80.3 Å².